The number of benzene rings is 1. The minimum Gasteiger partial charge on any atom is -0.294 e. The maximum Gasteiger partial charge on any atom is 0.419 e. The maximum absolute atomic E-state index is 13.0. The molecule has 15 heavy (non-hydrogen) atoms. The molecule has 0 unspecified atom stereocenters. The zero-order valence-electron chi connectivity index (χ0n) is 7.45. The highest BCUT2D eigenvalue weighted by Gasteiger charge is 2.35. The first kappa shape index (κ1) is 12.2. The molecule has 0 saturated heterocycles. The smallest absolute Gasteiger partial charge is 0.294 e. The molecule has 1 aromatic carbocycles. The van der Waals surface area contributed by atoms with Crippen LogP contribution in [0.1, 0.15) is 22.8 Å². The van der Waals surface area contributed by atoms with Gasteiger partial charge in [0.05, 0.1) is 5.56 Å². The van der Waals surface area contributed by atoms with Gasteiger partial charge < -0.3 is 0 Å². The van der Waals surface area contributed by atoms with Crippen LogP contribution in [-0.2, 0) is 6.18 Å². The molecule has 1 aromatic rings. The van der Waals surface area contributed by atoms with Crippen LogP contribution in [0.5, 0.6) is 0 Å². The minimum atomic E-state index is -4.76. The lowest BCUT2D eigenvalue weighted by molar-refractivity contribution is -0.140. The predicted molar refractivity (Wildman–Crippen MR) is 49.1 cm³/mol. The Morgan fingerprint density at radius 3 is 2.27 bits per heavy atom. The first-order valence-electron chi connectivity index (χ1n) is 3.80. The van der Waals surface area contributed by atoms with Gasteiger partial charge in [-0.25, -0.2) is 4.39 Å². The Labute approximate surface area is 91.2 Å². The topological polar surface area (TPSA) is 17.1 Å². The van der Waals surface area contributed by atoms with E-state index in [-0.39, 0.29) is 10.0 Å². The second-order valence-electron chi connectivity index (χ2n) is 2.87. The van der Waals surface area contributed by atoms with Crippen molar-refractivity contribution in [1.82, 2.24) is 0 Å². The van der Waals surface area contributed by atoms with E-state index in [9.17, 15) is 22.4 Å². The molecule has 0 saturated carbocycles. The van der Waals surface area contributed by atoms with Crippen molar-refractivity contribution in [3.8, 4) is 0 Å². The second-order valence-corrected chi connectivity index (χ2v) is 3.72. The van der Waals surface area contributed by atoms with Gasteiger partial charge in [-0.15, -0.1) is 0 Å². The van der Waals surface area contributed by atoms with Gasteiger partial charge in [0, 0.05) is 10.0 Å². The minimum absolute atomic E-state index is 0.0660. The maximum atomic E-state index is 13.0. The van der Waals surface area contributed by atoms with Gasteiger partial charge in [0.1, 0.15) is 5.82 Å². The molecule has 0 amide bonds. The van der Waals surface area contributed by atoms with Gasteiger partial charge >= 0.3 is 6.18 Å². The zero-order chi connectivity index (χ0) is 11.8. The molecule has 0 aromatic heterocycles. The standard InChI is InChI=1S/C9H5BrF4O/c1-4(15)5-2-8(11)6(3-7(5)10)9(12,13)14/h2-3H,1H3. The van der Waals surface area contributed by atoms with Gasteiger partial charge in [0.15, 0.2) is 5.78 Å². The average molecular weight is 285 g/mol. The molecule has 0 atom stereocenters. The van der Waals surface area contributed by atoms with E-state index < -0.39 is 23.3 Å². The summed E-state index contributed by atoms with van der Waals surface area (Å²) in [6.07, 6.45) is -4.76. The lowest BCUT2D eigenvalue weighted by Gasteiger charge is -2.10. The molecule has 1 rings (SSSR count). The lowest BCUT2D eigenvalue weighted by Crippen LogP contribution is -2.09. The summed E-state index contributed by atoms with van der Waals surface area (Å²) in [6, 6.07) is 1.14. The Morgan fingerprint density at radius 1 is 1.33 bits per heavy atom. The van der Waals surface area contributed by atoms with Gasteiger partial charge in [0.25, 0.3) is 0 Å². The number of carbonyl (C=O) groups excluding carboxylic acids is 1. The van der Waals surface area contributed by atoms with E-state index in [1.54, 1.807) is 0 Å². The lowest BCUT2D eigenvalue weighted by atomic mass is 10.1. The van der Waals surface area contributed by atoms with Crippen LogP contribution in [0.15, 0.2) is 16.6 Å². The summed E-state index contributed by atoms with van der Waals surface area (Å²) in [5.41, 5.74) is -1.50. The third-order valence-electron chi connectivity index (χ3n) is 1.74. The van der Waals surface area contributed by atoms with Gasteiger partial charge in [-0.3, -0.25) is 4.79 Å². The number of ketones is 1. The third kappa shape index (κ3) is 2.56. The van der Waals surface area contributed by atoms with Crippen molar-refractivity contribution in [3.63, 3.8) is 0 Å². The van der Waals surface area contributed by atoms with E-state index in [0.29, 0.717) is 12.1 Å². The highest BCUT2D eigenvalue weighted by atomic mass is 79.9. The third-order valence-corrected chi connectivity index (χ3v) is 2.40. The first-order valence-corrected chi connectivity index (χ1v) is 4.60. The molecule has 0 aliphatic rings. The Balaban J connectivity index is 3.39. The Morgan fingerprint density at radius 2 is 1.87 bits per heavy atom. The number of Topliss-reactive ketones (excluding diaryl/α,β-unsaturated/α-hetero) is 1. The van der Waals surface area contributed by atoms with Crippen LogP contribution in [0.2, 0.25) is 0 Å². The molecule has 0 fully saturated rings. The number of alkyl halides is 3. The molecule has 6 heteroatoms. The number of hydrogen-bond donors (Lipinski definition) is 0. The predicted octanol–water partition coefficient (Wildman–Crippen LogP) is 3.81. The van der Waals surface area contributed by atoms with Crippen LogP contribution >= 0.6 is 15.9 Å². The summed E-state index contributed by atoms with van der Waals surface area (Å²) in [7, 11) is 0. The monoisotopic (exact) mass is 284 g/mol. The zero-order valence-corrected chi connectivity index (χ0v) is 9.04. The van der Waals surface area contributed by atoms with Crippen molar-refractivity contribution in [3.05, 3.63) is 33.5 Å². The summed E-state index contributed by atoms with van der Waals surface area (Å²) in [5.74, 6) is -1.95. The van der Waals surface area contributed by atoms with E-state index in [1.807, 2.05) is 0 Å². The van der Waals surface area contributed by atoms with Gasteiger partial charge in [-0.2, -0.15) is 13.2 Å². The quantitative estimate of drug-likeness (QED) is 0.566. The van der Waals surface area contributed by atoms with E-state index in [1.165, 1.54) is 0 Å². The molecule has 0 bridgehead atoms. The molecule has 0 aliphatic carbocycles. The molecule has 0 spiro atoms. The molecule has 1 nitrogen and oxygen atoms in total. The summed E-state index contributed by atoms with van der Waals surface area (Å²) in [4.78, 5) is 10.9. The van der Waals surface area contributed by atoms with Gasteiger partial charge in [-0.05, 0) is 19.1 Å². The molecular formula is C9H5BrF4O. The number of carbonyl (C=O) groups is 1. The van der Waals surface area contributed by atoms with E-state index in [2.05, 4.69) is 15.9 Å². The second kappa shape index (κ2) is 3.92. The number of hydrogen-bond acceptors (Lipinski definition) is 1. The van der Waals surface area contributed by atoms with E-state index in [0.717, 1.165) is 6.92 Å². The fourth-order valence-corrected chi connectivity index (χ4v) is 1.66. The van der Waals surface area contributed by atoms with Crippen LogP contribution in [0.25, 0.3) is 0 Å². The Bertz CT molecular complexity index is 411. The van der Waals surface area contributed by atoms with Crippen LogP contribution in [0, 0.1) is 5.82 Å². The van der Waals surface area contributed by atoms with Crippen molar-refractivity contribution < 1.29 is 22.4 Å². The summed E-state index contributed by atoms with van der Waals surface area (Å²) < 4.78 is 49.6. The fraction of sp³-hybridized carbons (Fsp3) is 0.222. The number of rotatable bonds is 1. The Hall–Kier alpha value is -0.910. The normalized spacial score (nSPS) is 11.6. The fourth-order valence-electron chi connectivity index (χ4n) is 1.03. The van der Waals surface area contributed by atoms with Crippen molar-refractivity contribution in [2.24, 2.45) is 0 Å². The van der Waals surface area contributed by atoms with Gasteiger partial charge in [0.2, 0.25) is 0 Å². The molecule has 0 heterocycles. The summed E-state index contributed by atoms with van der Waals surface area (Å²) >= 11 is 2.79. The SMILES string of the molecule is CC(=O)c1cc(F)c(C(F)(F)F)cc1Br. The molecule has 0 aliphatic heterocycles. The van der Waals surface area contributed by atoms with Crippen molar-refractivity contribution in [2.75, 3.05) is 0 Å². The highest BCUT2D eigenvalue weighted by Crippen LogP contribution is 2.34. The van der Waals surface area contributed by atoms with Crippen molar-refractivity contribution >= 4 is 21.7 Å². The van der Waals surface area contributed by atoms with Crippen LogP contribution in [-0.4, -0.2) is 5.78 Å². The van der Waals surface area contributed by atoms with Crippen LogP contribution in [0.4, 0.5) is 17.6 Å². The molecular weight excluding hydrogens is 280 g/mol. The summed E-state index contributed by atoms with van der Waals surface area (Å²) in [5, 5.41) is 0. The first-order chi connectivity index (χ1) is 6.73. The molecule has 0 N–H and O–H groups in total. The van der Waals surface area contributed by atoms with Crippen LogP contribution < -0.4 is 0 Å². The van der Waals surface area contributed by atoms with Gasteiger partial charge in [-0.1, -0.05) is 15.9 Å². The molecule has 82 valence electrons. The van der Waals surface area contributed by atoms with Crippen LogP contribution in [0.3, 0.4) is 0 Å². The van der Waals surface area contributed by atoms with Crippen molar-refractivity contribution in [2.45, 2.75) is 13.1 Å². The van der Waals surface area contributed by atoms with E-state index in [4.69, 9.17) is 0 Å². The highest BCUT2D eigenvalue weighted by molar-refractivity contribution is 9.10. The Kier molecular flexibility index (Phi) is 3.18. The van der Waals surface area contributed by atoms with E-state index >= 15 is 0 Å². The number of halogens is 5. The molecule has 0 radical (unpaired) electrons. The largest absolute Gasteiger partial charge is 0.419 e. The summed E-state index contributed by atoms with van der Waals surface area (Å²) in [6.45, 7) is 1.15. The average Bonchev–Trinajstić information content (AvgIpc) is 2.06. The van der Waals surface area contributed by atoms with Crippen molar-refractivity contribution in [1.29, 1.82) is 0 Å².